The summed E-state index contributed by atoms with van der Waals surface area (Å²) in [6.45, 7) is 0.876. The molecule has 0 N–H and O–H groups in total. The summed E-state index contributed by atoms with van der Waals surface area (Å²) in [5.41, 5.74) is 1.28. The first kappa shape index (κ1) is 12.9. The molecule has 3 heteroatoms. The number of benzene rings is 2. The molecule has 2 aromatic rings. The number of ether oxygens (including phenoxy) is 2. The highest BCUT2D eigenvalue weighted by molar-refractivity contribution is 9.09. The quantitative estimate of drug-likeness (QED) is 0.777. The molecular formula is C16H17BrO2. The number of hydrogen-bond acceptors (Lipinski definition) is 2. The summed E-state index contributed by atoms with van der Waals surface area (Å²) in [6, 6.07) is 12.6. The summed E-state index contributed by atoms with van der Waals surface area (Å²) in [6.07, 6.45) is 2.55. The predicted molar refractivity (Wildman–Crippen MR) is 81.1 cm³/mol. The minimum absolute atomic E-state index is 0.241. The second-order valence-electron chi connectivity index (χ2n) is 4.86. The topological polar surface area (TPSA) is 18.5 Å². The lowest BCUT2D eigenvalue weighted by Crippen LogP contribution is -2.12. The lowest BCUT2D eigenvalue weighted by atomic mass is 9.98. The van der Waals surface area contributed by atoms with Crippen molar-refractivity contribution in [2.24, 2.45) is 0 Å². The third kappa shape index (κ3) is 2.37. The van der Waals surface area contributed by atoms with Crippen LogP contribution in [0.4, 0.5) is 0 Å². The van der Waals surface area contributed by atoms with E-state index in [-0.39, 0.29) is 10.9 Å². The maximum absolute atomic E-state index is 5.80. The summed E-state index contributed by atoms with van der Waals surface area (Å²) in [5, 5.41) is 2.39. The van der Waals surface area contributed by atoms with Gasteiger partial charge in [0.05, 0.1) is 18.0 Å². The van der Waals surface area contributed by atoms with Crippen molar-refractivity contribution >= 4 is 26.7 Å². The van der Waals surface area contributed by atoms with E-state index in [0.29, 0.717) is 0 Å². The zero-order chi connectivity index (χ0) is 13.2. The van der Waals surface area contributed by atoms with Crippen LogP contribution in [0.3, 0.4) is 0 Å². The second kappa shape index (κ2) is 5.51. The smallest absolute Gasteiger partial charge is 0.126 e. The van der Waals surface area contributed by atoms with Crippen LogP contribution >= 0.6 is 15.9 Å². The van der Waals surface area contributed by atoms with Crippen molar-refractivity contribution in [2.45, 2.75) is 23.8 Å². The fourth-order valence-electron chi connectivity index (χ4n) is 2.75. The average Bonchev–Trinajstić information content (AvgIpc) is 2.99. The van der Waals surface area contributed by atoms with Crippen molar-refractivity contribution in [3.8, 4) is 5.75 Å². The Bertz CT molecular complexity index is 576. The zero-order valence-corrected chi connectivity index (χ0v) is 12.5. The molecular weight excluding hydrogens is 304 g/mol. The standard InChI is InChI=1S/C16H17BrO2/c1-18-14-9-8-13(11-5-2-3-6-12(11)14)16(17)15-7-4-10-19-15/h2-3,5-6,8-9,15-16H,4,7,10H2,1H3. The van der Waals surface area contributed by atoms with E-state index in [1.165, 1.54) is 10.9 Å². The summed E-state index contributed by atoms with van der Waals surface area (Å²) < 4.78 is 11.2. The van der Waals surface area contributed by atoms with Gasteiger partial charge in [-0.3, -0.25) is 0 Å². The van der Waals surface area contributed by atoms with Crippen LogP contribution in [0.1, 0.15) is 23.2 Å². The van der Waals surface area contributed by atoms with Crippen LogP contribution in [-0.2, 0) is 4.74 Å². The van der Waals surface area contributed by atoms with Gasteiger partial charge in [-0.1, -0.05) is 46.3 Å². The van der Waals surface area contributed by atoms with Crippen LogP contribution in [0.5, 0.6) is 5.75 Å². The minimum Gasteiger partial charge on any atom is -0.496 e. The molecule has 0 saturated carbocycles. The number of fused-ring (bicyclic) bond motifs is 1. The third-order valence-corrected chi connectivity index (χ3v) is 4.81. The van der Waals surface area contributed by atoms with E-state index in [4.69, 9.17) is 9.47 Å². The molecule has 1 heterocycles. The molecule has 0 bridgehead atoms. The van der Waals surface area contributed by atoms with Gasteiger partial charge in [-0.25, -0.2) is 0 Å². The van der Waals surface area contributed by atoms with Gasteiger partial charge in [0.1, 0.15) is 5.75 Å². The van der Waals surface area contributed by atoms with Gasteiger partial charge in [0.2, 0.25) is 0 Å². The van der Waals surface area contributed by atoms with E-state index in [0.717, 1.165) is 30.6 Å². The molecule has 2 atom stereocenters. The fraction of sp³-hybridized carbons (Fsp3) is 0.375. The fourth-order valence-corrected chi connectivity index (χ4v) is 3.56. The van der Waals surface area contributed by atoms with Gasteiger partial charge in [-0.2, -0.15) is 0 Å². The van der Waals surface area contributed by atoms with E-state index >= 15 is 0 Å². The molecule has 1 saturated heterocycles. The van der Waals surface area contributed by atoms with Gasteiger partial charge in [0.15, 0.2) is 0 Å². The molecule has 0 radical (unpaired) electrons. The van der Waals surface area contributed by atoms with E-state index in [1.807, 2.05) is 12.1 Å². The van der Waals surface area contributed by atoms with Crippen molar-refractivity contribution in [2.75, 3.05) is 13.7 Å². The number of methoxy groups -OCH3 is 1. The van der Waals surface area contributed by atoms with E-state index < -0.39 is 0 Å². The Morgan fingerprint density at radius 2 is 2.00 bits per heavy atom. The highest BCUT2D eigenvalue weighted by atomic mass is 79.9. The monoisotopic (exact) mass is 320 g/mol. The Balaban J connectivity index is 2.08. The molecule has 3 rings (SSSR count). The van der Waals surface area contributed by atoms with Gasteiger partial charge < -0.3 is 9.47 Å². The zero-order valence-electron chi connectivity index (χ0n) is 10.9. The van der Waals surface area contributed by atoms with Crippen LogP contribution in [0.2, 0.25) is 0 Å². The van der Waals surface area contributed by atoms with Gasteiger partial charge in [0.25, 0.3) is 0 Å². The van der Waals surface area contributed by atoms with E-state index in [2.05, 4.69) is 40.2 Å². The lowest BCUT2D eigenvalue weighted by Gasteiger charge is -2.20. The Hall–Kier alpha value is -1.06. The minimum atomic E-state index is 0.241. The Labute approximate surface area is 121 Å². The Kier molecular flexibility index (Phi) is 3.76. The second-order valence-corrected chi connectivity index (χ2v) is 5.84. The van der Waals surface area contributed by atoms with E-state index in [9.17, 15) is 0 Å². The summed E-state index contributed by atoms with van der Waals surface area (Å²) in [5.74, 6) is 0.923. The number of rotatable bonds is 3. The maximum Gasteiger partial charge on any atom is 0.126 e. The van der Waals surface area contributed by atoms with E-state index in [1.54, 1.807) is 7.11 Å². The molecule has 0 amide bonds. The maximum atomic E-state index is 5.80. The van der Waals surface area contributed by atoms with Crippen LogP contribution in [-0.4, -0.2) is 19.8 Å². The molecule has 19 heavy (non-hydrogen) atoms. The Morgan fingerprint density at radius 3 is 2.68 bits per heavy atom. The first-order valence-electron chi connectivity index (χ1n) is 6.62. The molecule has 0 aliphatic carbocycles. The summed E-state index contributed by atoms with van der Waals surface area (Å²) >= 11 is 3.81. The average molecular weight is 321 g/mol. The van der Waals surface area contributed by atoms with Crippen molar-refractivity contribution in [3.05, 3.63) is 42.0 Å². The van der Waals surface area contributed by atoms with Gasteiger partial charge in [0, 0.05) is 12.0 Å². The molecule has 100 valence electrons. The van der Waals surface area contributed by atoms with Gasteiger partial charge in [-0.05, 0) is 29.9 Å². The van der Waals surface area contributed by atoms with Crippen molar-refractivity contribution in [1.29, 1.82) is 0 Å². The molecule has 2 unspecified atom stereocenters. The van der Waals surface area contributed by atoms with Gasteiger partial charge >= 0.3 is 0 Å². The SMILES string of the molecule is COc1ccc(C(Br)C2CCCO2)c2ccccc12. The van der Waals surface area contributed by atoms with Crippen molar-refractivity contribution < 1.29 is 9.47 Å². The molecule has 2 aromatic carbocycles. The van der Waals surface area contributed by atoms with Crippen LogP contribution < -0.4 is 4.74 Å². The molecule has 0 aromatic heterocycles. The van der Waals surface area contributed by atoms with Crippen LogP contribution in [0.15, 0.2) is 36.4 Å². The molecule has 1 fully saturated rings. The van der Waals surface area contributed by atoms with Crippen LogP contribution in [0.25, 0.3) is 10.8 Å². The van der Waals surface area contributed by atoms with Crippen LogP contribution in [0, 0.1) is 0 Å². The molecule has 1 aliphatic rings. The van der Waals surface area contributed by atoms with Gasteiger partial charge in [-0.15, -0.1) is 0 Å². The first-order chi connectivity index (χ1) is 9.31. The normalized spacial score (nSPS) is 20.6. The Morgan fingerprint density at radius 1 is 1.21 bits per heavy atom. The number of hydrogen-bond donors (Lipinski definition) is 0. The van der Waals surface area contributed by atoms with Crippen molar-refractivity contribution in [3.63, 3.8) is 0 Å². The third-order valence-electron chi connectivity index (χ3n) is 3.73. The highest BCUT2D eigenvalue weighted by Crippen LogP contribution is 2.39. The molecule has 1 aliphatic heterocycles. The predicted octanol–water partition coefficient (Wildman–Crippen LogP) is 4.46. The molecule has 0 spiro atoms. The lowest BCUT2D eigenvalue weighted by molar-refractivity contribution is 0.111. The highest BCUT2D eigenvalue weighted by Gasteiger charge is 2.26. The first-order valence-corrected chi connectivity index (χ1v) is 7.54. The summed E-state index contributed by atoms with van der Waals surface area (Å²) in [4.78, 5) is 0.241. The molecule has 2 nitrogen and oxygen atoms in total. The van der Waals surface area contributed by atoms with Crippen molar-refractivity contribution in [1.82, 2.24) is 0 Å². The number of halogens is 1. The largest absolute Gasteiger partial charge is 0.496 e. The summed E-state index contributed by atoms with van der Waals surface area (Å²) in [7, 11) is 1.72. The number of alkyl halides is 1.